The summed E-state index contributed by atoms with van der Waals surface area (Å²) in [6, 6.07) is 24.5. The minimum absolute atomic E-state index is 0.184. The van der Waals surface area contributed by atoms with Crippen LogP contribution in [-0.2, 0) is 28.7 Å². The first kappa shape index (κ1) is 31.2. The van der Waals surface area contributed by atoms with Crippen LogP contribution in [0.4, 0.5) is 8.78 Å². The van der Waals surface area contributed by atoms with Gasteiger partial charge in [-0.1, -0.05) is 69.3 Å². The Morgan fingerprint density at radius 1 is 0.750 bits per heavy atom. The van der Waals surface area contributed by atoms with Gasteiger partial charge in [-0.05, 0) is 114 Å². The zero-order chi connectivity index (χ0) is 31.4. The second kappa shape index (κ2) is 11.2. The fourth-order valence-electron chi connectivity index (χ4n) is 7.82. The molecule has 3 aromatic rings. The number of alkyl halides is 2. The van der Waals surface area contributed by atoms with Gasteiger partial charge in [0, 0.05) is 14.7 Å². The van der Waals surface area contributed by atoms with E-state index in [1.165, 1.54) is 0 Å². The van der Waals surface area contributed by atoms with Crippen molar-refractivity contribution in [3.05, 3.63) is 90.5 Å². The molecule has 0 heterocycles. The molecule has 0 aliphatic heterocycles. The Balaban J connectivity index is 1.35. The molecule has 9 heteroatoms. The first-order valence-corrected chi connectivity index (χ1v) is 18.3. The van der Waals surface area contributed by atoms with Crippen LogP contribution >= 0.6 is 10.3 Å². The molecule has 0 radical (unpaired) electrons. The quantitative estimate of drug-likeness (QED) is 0.218. The Morgan fingerprint density at radius 3 is 1.61 bits per heavy atom. The molecule has 4 aliphatic rings. The fraction of sp³-hybridized carbons (Fsp3) is 0.457. The molecular weight excluding hydrogens is 603 g/mol. The van der Waals surface area contributed by atoms with Crippen LogP contribution in [0.25, 0.3) is 0 Å². The third kappa shape index (κ3) is 5.60. The molecule has 44 heavy (non-hydrogen) atoms. The first-order chi connectivity index (χ1) is 20.7. The van der Waals surface area contributed by atoms with Crippen LogP contribution in [0.15, 0.2) is 99.6 Å². The second-order valence-electron chi connectivity index (χ2n) is 13.9. The van der Waals surface area contributed by atoms with Crippen LogP contribution in [0.1, 0.15) is 64.9 Å². The number of carbonyl (C=O) groups is 1. The molecule has 0 saturated heterocycles. The second-order valence-corrected chi connectivity index (χ2v) is 18.5. The predicted octanol–water partition coefficient (Wildman–Crippen LogP) is 8.88. The molecule has 3 aromatic carbocycles. The summed E-state index contributed by atoms with van der Waals surface area (Å²) in [7, 11) is -8.85. The number of hydrogen-bond acceptors (Lipinski definition) is 5. The van der Waals surface area contributed by atoms with E-state index in [0.29, 0.717) is 51.7 Å². The lowest BCUT2D eigenvalue weighted by atomic mass is 9.49. The van der Waals surface area contributed by atoms with Crippen LogP contribution in [0, 0.1) is 23.2 Å². The standard InChI is InChI=1S/C35H40F2O5S2/c1-33(2,3)28-14-16-31(17-15-28)43(29-10-6-4-7-11-29,30-12-8-5-9-13-30)42-44(39,40)35(36,37)24-41-32(38)34-21-25-18-26(22-34)20-27(19-25)23-34/h4-17,25-27H,18-24H2,1-3H3. The van der Waals surface area contributed by atoms with Gasteiger partial charge < -0.3 is 4.74 Å². The van der Waals surface area contributed by atoms with Gasteiger partial charge in [-0.2, -0.15) is 17.2 Å². The summed E-state index contributed by atoms with van der Waals surface area (Å²) in [5.74, 6) is 0.528. The summed E-state index contributed by atoms with van der Waals surface area (Å²) in [5.41, 5.74) is 0.0321. The number of esters is 1. The van der Waals surface area contributed by atoms with Crippen molar-refractivity contribution >= 4 is 26.4 Å². The summed E-state index contributed by atoms with van der Waals surface area (Å²) in [4.78, 5) is 14.7. The molecule has 0 aromatic heterocycles. The fourth-order valence-corrected chi connectivity index (χ4v) is 12.9. The van der Waals surface area contributed by atoms with Crippen molar-refractivity contribution in [1.29, 1.82) is 0 Å². The van der Waals surface area contributed by atoms with E-state index in [1.54, 1.807) is 72.8 Å². The summed E-state index contributed by atoms with van der Waals surface area (Å²) in [5, 5.41) is -4.47. The molecular formula is C35H40F2O5S2. The van der Waals surface area contributed by atoms with Gasteiger partial charge >= 0.3 is 21.3 Å². The van der Waals surface area contributed by atoms with Gasteiger partial charge in [-0.3, -0.25) is 4.79 Å². The van der Waals surface area contributed by atoms with E-state index in [0.717, 1.165) is 24.8 Å². The maximum atomic E-state index is 15.9. The van der Waals surface area contributed by atoms with Crippen molar-refractivity contribution in [2.24, 2.45) is 23.2 Å². The number of rotatable bonds is 9. The molecule has 4 fully saturated rings. The van der Waals surface area contributed by atoms with Gasteiger partial charge in [-0.15, -0.1) is 0 Å². The molecule has 4 aliphatic carbocycles. The summed E-state index contributed by atoms with van der Waals surface area (Å²) in [6.07, 6.45) is 5.12. The van der Waals surface area contributed by atoms with E-state index in [9.17, 15) is 13.2 Å². The number of hydrogen-bond donors (Lipinski definition) is 0. The minimum atomic E-state index is -5.63. The van der Waals surface area contributed by atoms with Crippen LogP contribution < -0.4 is 0 Å². The zero-order valence-electron chi connectivity index (χ0n) is 25.4. The Morgan fingerprint density at radius 2 is 1.18 bits per heavy atom. The van der Waals surface area contributed by atoms with Crippen molar-refractivity contribution in [3.63, 3.8) is 0 Å². The highest BCUT2D eigenvalue weighted by molar-refractivity contribution is 8.33. The van der Waals surface area contributed by atoms with Gasteiger partial charge in [-0.25, -0.2) is 3.63 Å². The largest absolute Gasteiger partial charge is 0.458 e. The third-order valence-electron chi connectivity index (χ3n) is 9.60. The van der Waals surface area contributed by atoms with Crippen molar-refractivity contribution < 1.29 is 30.4 Å². The molecule has 4 saturated carbocycles. The number of carbonyl (C=O) groups excluding carboxylic acids is 1. The molecule has 4 bridgehead atoms. The Labute approximate surface area is 261 Å². The molecule has 7 rings (SSSR count). The van der Waals surface area contributed by atoms with Crippen LogP contribution in [0.3, 0.4) is 0 Å². The van der Waals surface area contributed by atoms with Gasteiger partial charge in [0.25, 0.3) is 0 Å². The third-order valence-corrected chi connectivity index (χ3v) is 14.8. The monoisotopic (exact) mass is 642 g/mol. The normalized spacial score (nSPS) is 25.5. The van der Waals surface area contributed by atoms with Crippen molar-refractivity contribution in [2.45, 2.75) is 84.7 Å². The molecule has 0 unspecified atom stereocenters. The van der Waals surface area contributed by atoms with E-state index < -0.39 is 43.7 Å². The molecule has 0 N–H and O–H groups in total. The molecule has 0 amide bonds. The smallest absolute Gasteiger partial charge is 0.403 e. The summed E-state index contributed by atoms with van der Waals surface area (Å²) in [6.45, 7) is 4.59. The lowest BCUT2D eigenvalue weighted by molar-refractivity contribution is -0.176. The average Bonchev–Trinajstić information content (AvgIpc) is 2.98. The predicted molar refractivity (Wildman–Crippen MR) is 167 cm³/mol. The highest BCUT2D eigenvalue weighted by atomic mass is 32.3. The summed E-state index contributed by atoms with van der Waals surface area (Å²) < 4.78 is 70.3. The van der Waals surface area contributed by atoms with Gasteiger partial charge in [0.05, 0.1) is 5.41 Å². The van der Waals surface area contributed by atoms with Gasteiger partial charge in [0.15, 0.2) is 6.61 Å². The maximum Gasteiger partial charge on any atom is 0.403 e. The molecule has 0 atom stereocenters. The van der Waals surface area contributed by atoms with E-state index in [1.807, 2.05) is 12.1 Å². The minimum Gasteiger partial charge on any atom is -0.458 e. The van der Waals surface area contributed by atoms with E-state index in [4.69, 9.17) is 8.37 Å². The lowest BCUT2D eigenvalue weighted by Crippen LogP contribution is -2.51. The lowest BCUT2D eigenvalue weighted by Gasteiger charge is -2.55. The topological polar surface area (TPSA) is 69.7 Å². The van der Waals surface area contributed by atoms with E-state index >= 15 is 8.78 Å². The van der Waals surface area contributed by atoms with Gasteiger partial charge in [0.2, 0.25) is 0 Å². The first-order valence-electron chi connectivity index (χ1n) is 15.3. The number of halogens is 2. The molecule has 236 valence electrons. The van der Waals surface area contributed by atoms with Crippen LogP contribution in [-0.4, -0.2) is 26.2 Å². The van der Waals surface area contributed by atoms with Crippen molar-refractivity contribution in [2.75, 3.05) is 6.61 Å². The average molecular weight is 643 g/mol. The maximum absolute atomic E-state index is 15.9. The van der Waals surface area contributed by atoms with Gasteiger partial charge in [0.1, 0.15) is 0 Å². The van der Waals surface area contributed by atoms with Crippen molar-refractivity contribution in [1.82, 2.24) is 0 Å². The molecule has 5 nitrogen and oxygen atoms in total. The highest BCUT2D eigenvalue weighted by Gasteiger charge is 2.57. The van der Waals surface area contributed by atoms with Crippen LogP contribution in [0.2, 0.25) is 0 Å². The van der Waals surface area contributed by atoms with E-state index in [2.05, 4.69) is 20.8 Å². The van der Waals surface area contributed by atoms with Crippen molar-refractivity contribution in [3.8, 4) is 0 Å². The van der Waals surface area contributed by atoms with Crippen LogP contribution in [0.5, 0.6) is 0 Å². The Bertz CT molecular complexity index is 1530. The highest BCUT2D eigenvalue weighted by Crippen LogP contribution is 2.70. The Hall–Kier alpha value is -2.75. The summed E-state index contributed by atoms with van der Waals surface area (Å²) >= 11 is 0. The van der Waals surface area contributed by atoms with E-state index in [-0.39, 0.29) is 5.41 Å². The Kier molecular flexibility index (Phi) is 7.99. The number of ether oxygens (including phenoxy) is 1. The zero-order valence-corrected chi connectivity index (χ0v) is 27.0. The molecule has 0 spiro atoms. The number of benzene rings is 3. The SMILES string of the molecule is CC(C)(C)c1ccc(S(OS(=O)(=O)C(F)(F)COC(=O)C23CC4CC(CC(C4)C2)C3)(c2ccccc2)c2ccccc2)cc1.